The summed E-state index contributed by atoms with van der Waals surface area (Å²) in [7, 11) is 1.70. The molecule has 1 aromatic heterocycles. The van der Waals surface area contributed by atoms with E-state index >= 15 is 0 Å². The molecule has 0 bridgehead atoms. The molecule has 1 amide bonds. The van der Waals surface area contributed by atoms with Crippen LogP contribution < -0.4 is 10.2 Å². The quantitative estimate of drug-likeness (QED) is 0.832. The number of carbonyl (C=O) groups is 1. The molecule has 0 spiro atoms. The first-order valence-electron chi connectivity index (χ1n) is 7.83. The minimum absolute atomic E-state index is 0.114. The summed E-state index contributed by atoms with van der Waals surface area (Å²) in [6.07, 6.45) is -5.34. The van der Waals surface area contributed by atoms with Crippen LogP contribution in [0, 0.1) is 0 Å². The van der Waals surface area contributed by atoms with E-state index in [1.807, 2.05) is 0 Å². The molecule has 0 radical (unpaired) electrons. The van der Waals surface area contributed by atoms with Crippen molar-refractivity contribution in [3.8, 4) is 5.69 Å². The van der Waals surface area contributed by atoms with Crippen molar-refractivity contribution >= 4 is 17.5 Å². The summed E-state index contributed by atoms with van der Waals surface area (Å²) in [6.45, 7) is 5.28. The summed E-state index contributed by atoms with van der Waals surface area (Å²) in [5.41, 5.74) is 0.304. The number of alkyl halides is 3. The molecule has 1 aromatic carbocycles. The largest absolute Gasteiger partial charge is 0.452 e. The van der Waals surface area contributed by atoms with E-state index in [1.165, 1.54) is 6.07 Å². The summed E-state index contributed by atoms with van der Waals surface area (Å²) in [4.78, 5) is 13.8. The maximum absolute atomic E-state index is 13.3. The van der Waals surface area contributed by atoms with Gasteiger partial charge in [-0.3, -0.25) is 9.88 Å². The highest BCUT2D eigenvalue weighted by atomic mass is 19.4. The van der Waals surface area contributed by atoms with E-state index in [0.29, 0.717) is 11.4 Å². The van der Waals surface area contributed by atoms with Crippen molar-refractivity contribution in [2.75, 3.05) is 17.3 Å². The number of hydrogen-bond acceptors (Lipinski definition) is 5. The number of fused-ring (bicyclic) bond motifs is 3. The molecular formula is C16H18F3N5O2. The summed E-state index contributed by atoms with van der Waals surface area (Å²) in [6, 6.07) is 4.67. The highest BCUT2D eigenvalue weighted by Gasteiger charge is 2.41. The van der Waals surface area contributed by atoms with Gasteiger partial charge in [0.05, 0.1) is 23.6 Å². The van der Waals surface area contributed by atoms with E-state index < -0.39 is 23.7 Å². The van der Waals surface area contributed by atoms with Crippen molar-refractivity contribution in [2.45, 2.75) is 39.1 Å². The molecule has 1 N–H and O–H groups in total. The van der Waals surface area contributed by atoms with Crippen LogP contribution in [0.5, 0.6) is 0 Å². The molecule has 0 unspecified atom stereocenters. The number of para-hydroxylation sites is 1. The molecule has 0 atom stereocenters. The fourth-order valence-corrected chi connectivity index (χ4v) is 2.77. The highest BCUT2D eigenvalue weighted by molar-refractivity contribution is 5.92. The average Bonchev–Trinajstić information content (AvgIpc) is 2.89. The number of aromatic nitrogens is 3. The van der Waals surface area contributed by atoms with Crippen molar-refractivity contribution in [3.63, 3.8) is 0 Å². The molecule has 0 aliphatic carbocycles. The lowest BCUT2D eigenvalue weighted by Gasteiger charge is -2.31. The van der Waals surface area contributed by atoms with Gasteiger partial charge in [0.25, 0.3) is 0 Å². The second kappa shape index (κ2) is 5.89. The molecule has 1 aliphatic rings. The molecule has 7 nitrogen and oxygen atoms in total. The van der Waals surface area contributed by atoms with Gasteiger partial charge in [0.1, 0.15) is 5.60 Å². The Kier molecular flexibility index (Phi) is 4.08. The molecule has 0 saturated carbocycles. The van der Waals surface area contributed by atoms with E-state index in [2.05, 4.69) is 15.5 Å². The van der Waals surface area contributed by atoms with Crippen molar-refractivity contribution < 1.29 is 22.7 Å². The van der Waals surface area contributed by atoms with Crippen molar-refractivity contribution in [1.82, 2.24) is 14.8 Å². The van der Waals surface area contributed by atoms with E-state index in [0.717, 1.165) is 4.57 Å². The first-order chi connectivity index (χ1) is 12.0. The van der Waals surface area contributed by atoms with Gasteiger partial charge in [-0.15, -0.1) is 10.2 Å². The van der Waals surface area contributed by atoms with Gasteiger partial charge in [0, 0.05) is 7.05 Å². The van der Waals surface area contributed by atoms with Crippen LogP contribution in [-0.4, -0.2) is 33.5 Å². The molecule has 2 aromatic rings. The Morgan fingerprint density at radius 1 is 1.23 bits per heavy atom. The first kappa shape index (κ1) is 18.0. The summed E-state index contributed by atoms with van der Waals surface area (Å²) in [5.74, 6) is -0.932. The molecule has 26 heavy (non-hydrogen) atoms. The van der Waals surface area contributed by atoms with E-state index in [4.69, 9.17) is 4.74 Å². The Hall–Kier alpha value is -2.78. The topological polar surface area (TPSA) is 72.3 Å². The fraction of sp³-hybridized carbons (Fsp3) is 0.438. The average molecular weight is 369 g/mol. The number of nitrogens with one attached hydrogen (secondary N) is 1. The molecule has 1 aliphatic heterocycles. The van der Waals surface area contributed by atoms with Crippen LogP contribution in [0.4, 0.5) is 29.3 Å². The van der Waals surface area contributed by atoms with Gasteiger partial charge in [-0.05, 0) is 32.9 Å². The smallest absolute Gasteiger partial charge is 0.444 e. The standard InChI is InChI=1S/C16H18F3N5O2/c1-15(2,3)26-14(25)20-9-6-5-7-10-12(9)23(4)8-11-21-22-13(24(10)11)16(17,18)19/h5-7H,8H2,1-4H3,(H,20,25). The number of carbonyl (C=O) groups excluding carboxylic acids is 1. The van der Waals surface area contributed by atoms with Crippen LogP contribution in [0.25, 0.3) is 5.69 Å². The van der Waals surface area contributed by atoms with E-state index in [1.54, 1.807) is 44.9 Å². The third-order valence-electron chi connectivity index (χ3n) is 3.64. The lowest BCUT2D eigenvalue weighted by Crippen LogP contribution is -2.31. The molecular weight excluding hydrogens is 351 g/mol. The SMILES string of the molecule is CN1Cc2nnc(C(F)(F)F)n2-c2cccc(NC(=O)OC(C)(C)C)c21. The second-order valence-electron chi connectivity index (χ2n) is 6.93. The lowest BCUT2D eigenvalue weighted by atomic mass is 10.1. The number of ether oxygens (including phenoxy) is 1. The highest BCUT2D eigenvalue weighted by Crippen LogP contribution is 2.40. The lowest BCUT2D eigenvalue weighted by molar-refractivity contribution is -0.146. The Morgan fingerprint density at radius 2 is 1.92 bits per heavy atom. The predicted molar refractivity (Wildman–Crippen MR) is 88.3 cm³/mol. The zero-order chi connectivity index (χ0) is 19.3. The van der Waals surface area contributed by atoms with Gasteiger partial charge >= 0.3 is 12.3 Å². The number of benzene rings is 1. The van der Waals surface area contributed by atoms with Crippen molar-refractivity contribution in [3.05, 3.63) is 29.8 Å². The number of amides is 1. The first-order valence-corrected chi connectivity index (χ1v) is 7.83. The van der Waals surface area contributed by atoms with Gasteiger partial charge in [-0.2, -0.15) is 13.2 Å². The molecule has 10 heteroatoms. The monoisotopic (exact) mass is 369 g/mol. The minimum atomic E-state index is -4.65. The Labute approximate surface area is 147 Å². The molecule has 0 fully saturated rings. The van der Waals surface area contributed by atoms with Crippen molar-refractivity contribution in [2.24, 2.45) is 0 Å². The number of anilines is 2. The van der Waals surface area contributed by atoms with Crippen LogP contribution in [0.2, 0.25) is 0 Å². The molecule has 3 rings (SSSR count). The normalized spacial score (nSPS) is 13.9. The third-order valence-corrected chi connectivity index (χ3v) is 3.64. The third kappa shape index (κ3) is 3.31. The molecule has 0 saturated heterocycles. The van der Waals surface area contributed by atoms with E-state index in [-0.39, 0.29) is 18.1 Å². The van der Waals surface area contributed by atoms with Crippen LogP contribution in [0.1, 0.15) is 32.4 Å². The van der Waals surface area contributed by atoms with Gasteiger partial charge in [-0.25, -0.2) is 4.79 Å². The van der Waals surface area contributed by atoms with Crippen LogP contribution in [-0.2, 0) is 17.5 Å². The number of hydrogen-bond donors (Lipinski definition) is 1. The van der Waals surface area contributed by atoms with Gasteiger partial charge in [0.15, 0.2) is 5.82 Å². The fourth-order valence-electron chi connectivity index (χ4n) is 2.77. The summed E-state index contributed by atoms with van der Waals surface area (Å²) in [5, 5.41) is 9.54. The summed E-state index contributed by atoms with van der Waals surface area (Å²) >= 11 is 0. The Bertz CT molecular complexity index is 855. The Balaban J connectivity index is 2.06. The van der Waals surface area contributed by atoms with Crippen LogP contribution in [0.3, 0.4) is 0 Å². The van der Waals surface area contributed by atoms with Crippen LogP contribution in [0.15, 0.2) is 18.2 Å². The van der Waals surface area contributed by atoms with Crippen LogP contribution >= 0.6 is 0 Å². The summed E-state index contributed by atoms with van der Waals surface area (Å²) < 4.78 is 46.0. The van der Waals surface area contributed by atoms with Gasteiger partial charge < -0.3 is 9.64 Å². The predicted octanol–water partition coefficient (Wildman–Crippen LogP) is 3.58. The van der Waals surface area contributed by atoms with Gasteiger partial charge in [0.2, 0.25) is 5.82 Å². The van der Waals surface area contributed by atoms with Gasteiger partial charge in [-0.1, -0.05) is 6.07 Å². The molecule has 140 valence electrons. The zero-order valence-electron chi connectivity index (χ0n) is 14.7. The Morgan fingerprint density at radius 3 is 2.54 bits per heavy atom. The molecule has 2 heterocycles. The number of rotatable bonds is 1. The number of nitrogens with zero attached hydrogens (tertiary/aromatic N) is 4. The number of halogens is 3. The van der Waals surface area contributed by atoms with E-state index in [9.17, 15) is 18.0 Å². The maximum Gasteiger partial charge on any atom is 0.452 e. The van der Waals surface area contributed by atoms with Crippen molar-refractivity contribution in [1.29, 1.82) is 0 Å². The maximum atomic E-state index is 13.3. The zero-order valence-corrected chi connectivity index (χ0v) is 14.7. The minimum Gasteiger partial charge on any atom is -0.444 e. The second-order valence-corrected chi connectivity index (χ2v) is 6.93.